The third-order valence-electron chi connectivity index (χ3n) is 8.87. The molecule has 2 saturated heterocycles. The smallest absolute Gasteiger partial charge is 0.310 e. The lowest BCUT2D eigenvalue weighted by molar-refractivity contribution is -0.146. The summed E-state index contributed by atoms with van der Waals surface area (Å²) in [6.07, 6.45) is 5.83. The van der Waals surface area contributed by atoms with Crippen LogP contribution in [0.4, 0.5) is 5.69 Å². The Morgan fingerprint density at radius 2 is 2.16 bits per heavy atom. The Kier molecular flexibility index (Phi) is 5.73. The molecule has 0 radical (unpaired) electrons. The van der Waals surface area contributed by atoms with Crippen LogP contribution >= 0.6 is 0 Å². The molecule has 0 unspecified atom stereocenters. The lowest BCUT2D eigenvalue weighted by Gasteiger charge is -2.50. The van der Waals surface area contributed by atoms with Crippen molar-refractivity contribution >= 4 is 11.7 Å². The summed E-state index contributed by atoms with van der Waals surface area (Å²) in [5.74, 6) is 1.84. The molecule has 0 N–H and O–H groups in total. The molecule has 2 aliphatic carbocycles. The maximum atomic E-state index is 12.9. The lowest BCUT2D eigenvalue weighted by Crippen LogP contribution is -2.54. The zero-order valence-corrected chi connectivity index (χ0v) is 19.9. The molecule has 2 saturated carbocycles. The molecule has 0 aromatic heterocycles. The summed E-state index contributed by atoms with van der Waals surface area (Å²) >= 11 is 0. The summed E-state index contributed by atoms with van der Waals surface area (Å²) in [5.41, 5.74) is 2.89. The number of carbonyl (C=O) groups excluding carboxylic acids is 1. The van der Waals surface area contributed by atoms with Gasteiger partial charge in [-0.3, -0.25) is 9.69 Å². The summed E-state index contributed by atoms with van der Waals surface area (Å²) in [4.78, 5) is 17.9. The van der Waals surface area contributed by atoms with E-state index in [0.717, 1.165) is 51.2 Å². The van der Waals surface area contributed by atoms with E-state index in [2.05, 4.69) is 48.4 Å². The first-order chi connectivity index (χ1) is 15.4. The molecule has 32 heavy (non-hydrogen) atoms. The van der Waals surface area contributed by atoms with Crippen LogP contribution < -0.4 is 9.64 Å². The van der Waals surface area contributed by atoms with E-state index in [1.807, 2.05) is 6.07 Å². The average Bonchev–Trinajstić information content (AvgIpc) is 3.06. The van der Waals surface area contributed by atoms with Gasteiger partial charge in [-0.15, -0.1) is 0 Å². The van der Waals surface area contributed by atoms with Crippen LogP contribution in [0.15, 0.2) is 36.4 Å². The molecule has 2 heterocycles. The molecule has 4 fully saturated rings. The van der Waals surface area contributed by atoms with E-state index in [-0.39, 0.29) is 23.4 Å². The zero-order chi connectivity index (χ0) is 22.5. The van der Waals surface area contributed by atoms with Crippen LogP contribution in [0.1, 0.15) is 46.0 Å². The summed E-state index contributed by atoms with van der Waals surface area (Å²) in [7, 11) is 1.71. The van der Waals surface area contributed by atoms with Crippen molar-refractivity contribution in [3.8, 4) is 5.75 Å². The molecule has 5 nitrogen and oxygen atoms in total. The second kappa shape index (κ2) is 8.40. The number of hydrogen-bond donors (Lipinski definition) is 0. The predicted octanol–water partition coefficient (Wildman–Crippen LogP) is 4.52. The van der Waals surface area contributed by atoms with E-state index in [1.54, 1.807) is 7.11 Å². The number of esters is 1. The maximum Gasteiger partial charge on any atom is 0.310 e. The second-order valence-corrected chi connectivity index (χ2v) is 10.9. The SMILES string of the molecule is C=C1CCC[C@]2(C)C[C@H]3OC(=O)[C@H](CN4CCN(c5cccc(OC)c5)[C@H](C)C4)[C@@H]3C[C@@H]12. The number of hydrogen-bond acceptors (Lipinski definition) is 5. The molecule has 0 spiro atoms. The van der Waals surface area contributed by atoms with Crippen LogP contribution in [0.5, 0.6) is 5.75 Å². The van der Waals surface area contributed by atoms with Crippen molar-refractivity contribution in [2.24, 2.45) is 23.2 Å². The minimum atomic E-state index is 0.00912. The number of anilines is 1. The van der Waals surface area contributed by atoms with Crippen LogP contribution in [0.25, 0.3) is 0 Å². The Balaban J connectivity index is 1.25. The maximum absolute atomic E-state index is 12.9. The number of rotatable bonds is 4. The van der Waals surface area contributed by atoms with E-state index < -0.39 is 0 Å². The monoisotopic (exact) mass is 438 g/mol. The quantitative estimate of drug-likeness (QED) is 0.511. The van der Waals surface area contributed by atoms with Crippen LogP contribution in [-0.4, -0.2) is 56.3 Å². The number of allylic oxidation sites excluding steroid dienone is 1. The van der Waals surface area contributed by atoms with Gasteiger partial charge in [0, 0.05) is 49.9 Å². The number of methoxy groups -OCH3 is 1. The molecule has 0 amide bonds. The van der Waals surface area contributed by atoms with Gasteiger partial charge in [0.15, 0.2) is 0 Å². The number of nitrogens with zero attached hydrogens (tertiary/aromatic N) is 2. The van der Waals surface area contributed by atoms with E-state index in [1.165, 1.54) is 24.1 Å². The minimum absolute atomic E-state index is 0.00912. The van der Waals surface area contributed by atoms with Gasteiger partial charge < -0.3 is 14.4 Å². The van der Waals surface area contributed by atoms with Crippen molar-refractivity contribution in [3.63, 3.8) is 0 Å². The summed E-state index contributed by atoms with van der Waals surface area (Å²) in [5, 5.41) is 0. The standard InChI is InChI=1S/C27H38N2O3/c1-18-7-6-10-27(3)15-25-22(14-24(18)27)23(26(30)32-25)17-28-11-12-29(19(2)16-28)20-8-5-9-21(13-20)31-4/h5,8-9,13,19,22-25H,1,6-7,10-12,14-17H2,2-4H3/t19-,22+,23-,24+,25-,27-/m1/s1. The van der Waals surface area contributed by atoms with Crippen molar-refractivity contribution in [3.05, 3.63) is 36.4 Å². The first-order valence-corrected chi connectivity index (χ1v) is 12.4. The molecular weight excluding hydrogens is 400 g/mol. The minimum Gasteiger partial charge on any atom is -0.497 e. The molecule has 1 aromatic carbocycles. The van der Waals surface area contributed by atoms with Gasteiger partial charge in [0.25, 0.3) is 0 Å². The molecule has 4 aliphatic rings. The van der Waals surface area contributed by atoms with Gasteiger partial charge in [-0.05, 0) is 62.5 Å². The van der Waals surface area contributed by atoms with Crippen LogP contribution in [-0.2, 0) is 9.53 Å². The number of ether oxygens (including phenoxy) is 2. The van der Waals surface area contributed by atoms with Gasteiger partial charge in [-0.25, -0.2) is 0 Å². The van der Waals surface area contributed by atoms with Crippen molar-refractivity contribution in [1.82, 2.24) is 4.90 Å². The highest BCUT2D eigenvalue weighted by Crippen LogP contribution is 2.57. The van der Waals surface area contributed by atoms with Gasteiger partial charge in [0.05, 0.1) is 13.0 Å². The van der Waals surface area contributed by atoms with E-state index >= 15 is 0 Å². The van der Waals surface area contributed by atoms with Crippen LogP contribution in [0, 0.1) is 23.2 Å². The third-order valence-corrected chi connectivity index (χ3v) is 8.87. The first kappa shape index (κ1) is 21.8. The average molecular weight is 439 g/mol. The molecule has 174 valence electrons. The zero-order valence-electron chi connectivity index (χ0n) is 19.9. The predicted molar refractivity (Wildman–Crippen MR) is 127 cm³/mol. The fourth-order valence-corrected chi connectivity index (χ4v) is 7.11. The van der Waals surface area contributed by atoms with Crippen molar-refractivity contribution in [2.75, 3.05) is 38.2 Å². The topological polar surface area (TPSA) is 42.0 Å². The Labute approximate surface area is 192 Å². The number of piperazine rings is 1. The Bertz CT molecular complexity index is 885. The normalized spacial score (nSPS) is 37.6. The highest BCUT2D eigenvalue weighted by atomic mass is 16.6. The molecule has 1 aromatic rings. The molecular formula is C27H38N2O3. The Morgan fingerprint density at radius 3 is 2.94 bits per heavy atom. The van der Waals surface area contributed by atoms with E-state index in [0.29, 0.717) is 17.9 Å². The fraction of sp³-hybridized carbons (Fsp3) is 0.667. The van der Waals surface area contributed by atoms with Gasteiger partial charge in [0.2, 0.25) is 0 Å². The van der Waals surface area contributed by atoms with Gasteiger partial charge in [-0.1, -0.05) is 25.1 Å². The number of carbonyl (C=O) groups is 1. The van der Waals surface area contributed by atoms with Crippen molar-refractivity contribution < 1.29 is 14.3 Å². The molecule has 6 atom stereocenters. The Morgan fingerprint density at radius 1 is 1.31 bits per heavy atom. The van der Waals surface area contributed by atoms with E-state index in [9.17, 15) is 4.79 Å². The van der Waals surface area contributed by atoms with E-state index in [4.69, 9.17) is 9.47 Å². The third kappa shape index (κ3) is 3.83. The van der Waals surface area contributed by atoms with Crippen LogP contribution in [0.3, 0.4) is 0 Å². The Hall–Kier alpha value is -2.01. The molecule has 2 aliphatic heterocycles. The highest BCUT2D eigenvalue weighted by molar-refractivity contribution is 5.75. The van der Waals surface area contributed by atoms with Crippen molar-refractivity contribution in [1.29, 1.82) is 0 Å². The molecule has 0 bridgehead atoms. The van der Waals surface area contributed by atoms with Gasteiger partial charge in [0.1, 0.15) is 11.9 Å². The molecule has 5 heteroatoms. The first-order valence-electron chi connectivity index (χ1n) is 12.4. The lowest BCUT2D eigenvalue weighted by atomic mass is 9.55. The fourth-order valence-electron chi connectivity index (χ4n) is 7.11. The van der Waals surface area contributed by atoms with Crippen LogP contribution in [0.2, 0.25) is 0 Å². The summed E-state index contributed by atoms with van der Waals surface area (Å²) < 4.78 is 11.4. The second-order valence-electron chi connectivity index (χ2n) is 10.9. The highest BCUT2D eigenvalue weighted by Gasteiger charge is 2.55. The summed E-state index contributed by atoms with van der Waals surface area (Å²) in [6.45, 7) is 12.8. The number of fused-ring (bicyclic) bond motifs is 2. The largest absolute Gasteiger partial charge is 0.497 e. The van der Waals surface area contributed by atoms with Gasteiger partial charge >= 0.3 is 5.97 Å². The number of benzene rings is 1. The summed E-state index contributed by atoms with van der Waals surface area (Å²) in [6, 6.07) is 8.70. The van der Waals surface area contributed by atoms with Gasteiger partial charge in [-0.2, -0.15) is 0 Å². The molecule has 5 rings (SSSR count). The van der Waals surface area contributed by atoms with Crippen molar-refractivity contribution in [2.45, 2.75) is 58.1 Å².